The Bertz CT molecular complexity index is 792. The smallest absolute Gasteiger partial charge is 0.247 e. The molecule has 1 aliphatic heterocycles. The molecule has 0 saturated carbocycles. The number of hydrogen-bond acceptors (Lipinski definition) is 4. The predicted octanol–water partition coefficient (Wildman–Crippen LogP) is 2.83. The van der Waals surface area contributed by atoms with Crippen molar-refractivity contribution in [2.24, 2.45) is 0 Å². The van der Waals surface area contributed by atoms with Gasteiger partial charge in [-0.25, -0.2) is 0 Å². The van der Waals surface area contributed by atoms with Crippen LogP contribution in [0.2, 0.25) is 0 Å². The lowest BCUT2D eigenvalue weighted by Gasteiger charge is -2.25. The molecule has 0 bridgehead atoms. The first kappa shape index (κ1) is 17.8. The normalized spacial score (nSPS) is 16.5. The van der Waals surface area contributed by atoms with Crippen molar-refractivity contribution in [1.82, 2.24) is 4.90 Å². The van der Waals surface area contributed by atoms with E-state index < -0.39 is 6.04 Å². The van der Waals surface area contributed by atoms with E-state index in [0.29, 0.717) is 30.9 Å². The van der Waals surface area contributed by atoms with E-state index in [9.17, 15) is 9.59 Å². The highest BCUT2D eigenvalue weighted by Crippen LogP contribution is 2.29. The minimum Gasteiger partial charge on any atom is -0.497 e. The Morgan fingerprint density at radius 3 is 2.62 bits per heavy atom. The van der Waals surface area contributed by atoms with Crippen LogP contribution >= 0.6 is 0 Å². The lowest BCUT2D eigenvalue weighted by atomic mass is 10.1. The number of anilines is 1. The van der Waals surface area contributed by atoms with Gasteiger partial charge in [0.05, 0.1) is 20.8 Å². The molecule has 1 heterocycles. The highest BCUT2D eigenvalue weighted by atomic mass is 16.5. The maximum Gasteiger partial charge on any atom is 0.247 e. The molecule has 0 unspecified atom stereocenters. The Hall–Kier alpha value is -3.02. The molecule has 3 rings (SSSR count). The SMILES string of the molecule is COc1ccc(CN2C(=O)CC[C@H]2C(=O)Nc2ccccc2)c(OC)c1. The molecule has 26 heavy (non-hydrogen) atoms. The maximum absolute atomic E-state index is 12.7. The third-order valence-electron chi connectivity index (χ3n) is 4.51. The van der Waals surface area contributed by atoms with Crippen molar-refractivity contribution in [2.45, 2.75) is 25.4 Å². The third-order valence-corrected chi connectivity index (χ3v) is 4.51. The summed E-state index contributed by atoms with van der Waals surface area (Å²) in [5.74, 6) is 1.11. The first-order chi connectivity index (χ1) is 12.6. The molecule has 0 radical (unpaired) electrons. The average molecular weight is 354 g/mol. The summed E-state index contributed by atoms with van der Waals surface area (Å²) in [4.78, 5) is 26.6. The van der Waals surface area contributed by atoms with Crippen molar-refractivity contribution in [3.8, 4) is 11.5 Å². The van der Waals surface area contributed by atoms with Gasteiger partial charge in [0.25, 0.3) is 0 Å². The second-order valence-electron chi connectivity index (χ2n) is 6.11. The maximum atomic E-state index is 12.7. The second kappa shape index (κ2) is 7.91. The van der Waals surface area contributed by atoms with Gasteiger partial charge in [-0.05, 0) is 30.7 Å². The number of nitrogens with zero attached hydrogens (tertiary/aromatic N) is 1. The van der Waals surface area contributed by atoms with E-state index in [1.54, 1.807) is 25.2 Å². The minimum absolute atomic E-state index is 0.0314. The first-order valence-corrected chi connectivity index (χ1v) is 8.48. The molecule has 0 aromatic heterocycles. The average Bonchev–Trinajstić information content (AvgIpc) is 3.03. The van der Waals surface area contributed by atoms with Crippen molar-refractivity contribution in [2.75, 3.05) is 19.5 Å². The molecule has 2 aromatic rings. The highest BCUT2D eigenvalue weighted by molar-refractivity contribution is 5.99. The molecule has 0 aliphatic carbocycles. The topological polar surface area (TPSA) is 67.9 Å². The molecule has 6 nitrogen and oxygen atoms in total. The second-order valence-corrected chi connectivity index (χ2v) is 6.11. The summed E-state index contributed by atoms with van der Waals surface area (Å²) in [5.41, 5.74) is 1.56. The zero-order valence-electron chi connectivity index (χ0n) is 14.9. The molecule has 1 aliphatic rings. The first-order valence-electron chi connectivity index (χ1n) is 8.48. The summed E-state index contributed by atoms with van der Waals surface area (Å²) < 4.78 is 10.6. The Balaban J connectivity index is 1.77. The van der Waals surface area contributed by atoms with Gasteiger partial charge in [-0.15, -0.1) is 0 Å². The van der Waals surface area contributed by atoms with E-state index in [0.717, 1.165) is 11.3 Å². The standard InChI is InChI=1S/C20H22N2O4/c1-25-16-9-8-14(18(12-16)26-2)13-22-17(10-11-19(22)23)20(24)21-15-6-4-3-5-7-15/h3-9,12,17H,10-11,13H2,1-2H3,(H,21,24)/t17-/m0/s1. The van der Waals surface area contributed by atoms with E-state index in [-0.39, 0.29) is 11.8 Å². The molecule has 1 saturated heterocycles. The number of hydrogen-bond donors (Lipinski definition) is 1. The number of rotatable bonds is 6. The van der Waals surface area contributed by atoms with Gasteiger partial charge in [0.2, 0.25) is 11.8 Å². The molecule has 1 N–H and O–H groups in total. The van der Waals surface area contributed by atoms with Crippen LogP contribution in [0.4, 0.5) is 5.69 Å². The fourth-order valence-electron chi connectivity index (χ4n) is 3.12. The quantitative estimate of drug-likeness (QED) is 0.866. The Morgan fingerprint density at radius 1 is 1.15 bits per heavy atom. The van der Waals surface area contributed by atoms with Crippen molar-refractivity contribution < 1.29 is 19.1 Å². The van der Waals surface area contributed by atoms with Crippen molar-refractivity contribution in [3.63, 3.8) is 0 Å². The van der Waals surface area contributed by atoms with Crippen LogP contribution < -0.4 is 14.8 Å². The van der Waals surface area contributed by atoms with E-state index in [1.807, 2.05) is 42.5 Å². The molecule has 136 valence electrons. The van der Waals surface area contributed by atoms with Crippen LogP contribution in [0.1, 0.15) is 18.4 Å². The zero-order valence-corrected chi connectivity index (χ0v) is 14.9. The zero-order chi connectivity index (χ0) is 18.5. The van der Waals surface area contributed by atoms with Crippen LogP contribution in [0.3, 0.4) is 0 Å². The number of ether oxygens (including phenoxy) is 2. The summed E-state index contributed by atoms with van der Waals surface area (Å²) in [6.45, 7) is 0.318. The van der Waals surface area contributed by atoms with Gasteiger partial charge in [-0.3, -0.25) is 9.59 Å². The summed E-state index contributed by atoms with van der Waals surface area (Å²) in [5, 5.41) is 2.88. The number of para-hydroxylation sites is 1. The number of amides is 2. The van der Waals surface area contributed by atoms with E-state index >= 15 is 0 Å². The molecular weight excluding hydrogens is 332 g/mol. The van der Waals surface area contributed by atoms with Gasteiger partial charge in [-0.2, -0.15) is 0 Å². The lowest BCUT2D eigenvalue weighted by Crippen LogP contribution is -2.41. The lowest BCUT2D eigenvalue weighted by molar-refractivity contribution is -0.133. The molecule has 1 atom stereocenters. The largest absolute Gasteiger partial charge is 0.497 e. The fraction of sp³-hybridized carbons (Fsp3) is 0.300. The number of likely N-dealkylation sites (tertiary alicyclic amines) is 1. The third kappa shape index (κ3) is 3.79. The van der Waals surface area contributed by atoms with Gasteiger partial charge in [0, 0.05) is 23.7 Å². The van der Waals surface area contributed by atoms with Crippen LogP contribution in [0.25, 0.3) is 0 Å². The predicted molar refractivity (Wildman–Crippen MR) is 98.2 cm³/mol. The molecule has 2 amide bonds. The summed E-state index contributed by atoms with van der Waals surface area (Å²) in [6.07, 6.45) is 0.876. The molecule has 0 spiro atoms. The van der Waals surface area contributed by atoms with Gasteiger partial charge in [0.1, 0.15) is 17.5 Å². The van der Waals surface area contributed by atoms with Gasteiger partial charge >= 0.3 is 0 Å². The van der Waals surface area contributed by atoms with Crippen molar-refractivity contribution >= 4 is 17.5 Å². The summed E-state index contributed by atoms with van der Waals surface area (Å²) >= 11 is 0. The Kier molecular flexibility index (Phi) is 5.41. The summed E-state index contributed by atoms with van der Waals surface area (Å²) in [7, 11) is 3.16. The van der Waals surface area contributed by atoms with Crippen molar-refractivity contribution in [1.29, 1.82) is 0 Å². The number of carbonyl (C=O) groups is 2. The number of benzene rings is 2. The van der Waals surface area contributed by atoms with E-state index in [1.165, 1.54) is 0 Å². The molecule has 6 heteroatoms. The molecule has 1 fully saturated rings. The van der Waals surface area contributed by atoms with E-state index in [2.05, 4.69) is 5.32 Å². The minimum atomic E-state index is -0.491. The monoisotopic (exact) mass is 354 g/mol. The number of carbonyl (C=O) groups excluding carboxylic acids is 2. The van der Waals surface area contributed by atoms with Crippen LogP contribution in [-0.4, -0.2) is 37.0 Å². The van der Waals surface area contributed by atoms with Gasteiger partial charge in [-0.1, -0.05) is 18.2 Å². The van der Waals surface area contributed by atoms with Crippen molar-refractivity contribution in [3.05, 3.63) is 54.1 Å². The van der Waals surface area contributed by atoms with Gasteiger partial charge < -0.3 is 19.7 Å². The van der Waals surface area contributed by atoms with Crippen LogP contribution in [0.15, 0.2) is 48.5 Å². The highest BCUT2D eigenvalue weighted by Gasteiger charge is 2.36. The Morgan fingerprint density at radius 2 is 1.92 bits per heavy atom. The van der Waals surface area contributed by atoms with Gasteiger partial charge in [0.15, 0.2) is 0 Å². The van der Waals surface area contributed by atoms with Crippen LogP contribution in [0.5, 0.6) is 11.5 Å². The molecular formula is C20H22N2O4. The van der Waals surface area contributed by atoms with Crippen LogP contribution in [0, 0.1) is 0 Å². The summed E-state index contributed by atoms with van der Waals surface area (Å²) in [6, 6.07) is 14.2. The van der Waals surface area contributed by atoms with Crippen LogP contribution in [-0.2, 0) is 16.1 Å². The Labute approximate surface area is 152 Å². The molecule has 2 aromatic carbocycles. The number of methoxy groups -OCH3 is 2. The fourth-order valence-corrected chi connectivity index (χ4v) is 3.12. The van der Waals surface area contributed by atoms with E-state index in [4.69, 9.17) is 9.47 Å². The number of nitrogens with one attached hydrogen (secondary N) is 1.